The summed E-state index contributed by atoms with van der Waals surface area (Å²) >= 11 is 0. The van der Waals surface area contributed by atoms with E-state index in [9.17, 15) is 8.42 Å². The van der Waals surface area contributed by atoms with Gasteiger partial charge in [0, 0.05) is 26.5 Å². The average molecular weight is 269 g/mol. The van der Waals surface area contributed by atoms with Crippen LogP contribution in [0.3, 0.4) is 0 Å². The van der Waals surface area contributed by atoms with Crippen LogP contribution in [0.4, 0.5) is 0 Å². The minimum absolute atomic E-state index is 0.194. The minimum atomic E-state index is -3.53. The summed E-state index contributed by atoms with van der Waals surface area (Å²) in [7, 11) is -0.183. The van der Waals surface area contributed by atoms with Gasteiger partial charge in [0.05, 0.1) is 18.4 Å². The standard InChI is InChI=1S/C10H15N5O2S/c1-8-9(6-12-13-8)18(16,17)15(3)7-10-11-4-5-14(10)2/h4-6H,7H2,1-3H3,(H,12,13). The van der Waals surface area contributed by atoms with E-state index in [0.29, 0.717) is 11.5 Å². The van der Waals surface area contributed by atoms with Crippen LogP contribution in [-0.4, -0.2) is 39.5 Å². The highest BCUT2D eigenvalue weighted by molar-refractivity contribution is 7.89. The van der Waals surface area contributed by atoms with E-state index in [1.54, 1.807) is 23.9 Å². The normalized spacial score (nSPS) is 12.2. The summed E-state index contributed by atoms with van der Waals surface area (Å²) < 4.78 is 27.6. The number of aromatic nitrogens is 4. The van der Waals surface area contributed by atoms with E-state index < -0.39 is 10.0 Å². The number of aryl methyl sites for hydroxylation is 2. The number of nitrogens with one attached hydrogen (secondary N) is 1. The predicted octanol–water partition coefficient (Wildman–Crippen LogP) is 0.272. The highest BCUT2D eigenvalue weighted by atomic mass is 32.2. The molecule has 0 aliphatic rings. The van der Waals surface area contributed by atoms with Crippen LogP contribution in [0.1, 0.15) is 11.5 Å². The van der Waals surface area contributed by atoms with Crippen molar-refractivity contribution in [2.75, 3.05) is 7.05 Å². The van der Waals surface area contributed by atoms with Crippen molar-refractivity contribution in [3.63, 3.8) is 0 Å². The van der Waals surface area contributed by atoms with Gasteiger partial charge in [-0.3, -0.25) is 5.10 Å². The molecule has 0 amide bonds. The van der Waals surface area contributed by atoms with Crippen molar-refractivity contribution in [2.45, 2.75) is 18.4 Å². The molecule has 98 valence electrons. The molecule has 18 heavy (non-hydrogen) atoms. The summed E-state index contributed by atoms with van der Waals surface area (Å²) in [4.78, 5) is 4.30. The number of imidazole rings is 1. The second kappa shape index (κ2) is 4.54. The van der Waals surface area contributed by atoms with Crippen molar-refractivity contribution in [3.05, 3.63) is 30.1 Å². The largest absolute Gasteiger partial charge is 0.337 e. The maximum atomic E-state index is 12.3. The number of rotatable bonds is 4. The molecule has 2 aromatic heterocycles. The van der Waals surface area contributed by atoms with Crippen LogP contribution < -0.4 is 0 Å². The summed E-state index contributed by atoms with van der Waals surface area (Å²) in [6.45, 7) is 1.89. The lowest BCUT2D eigenvalue weighted by atomic mass is 10.5. The number of hydrogen-bond donors (Lipinski definition) is 1. The molecule has 1 N–H and O–H groups in total. The van der Waals surface area contributed by atoms with E-state index >= 15 is 0 Å². The second-order valence-electron chi connectivity index (χ2n) is 4.07. The lowest BCUT2D eigenvalue weighted by molar-refractivity contribution is 0.451. The Labute approximate surface area is 106 Å². The maximum Gasteiger partial charge on any atom is 0.246 e. The van der Waals surface area contributed by atoms with E-state index in [4.69, 9.17) is 0 Å². The van der Waals surface area contributed by atoms with Gasteiger partial charge >= 0.3 is 0 Å². The molecule has 0 aliphatic heterocycles. The molecule has 0 bridgehead atoms. The number of sulfonamides is 1. The fraction of sp³-hybridized carbons (Fsp3) is 0.400. The first-order valence-electron chi connectivity index (χ1n) is 5.35. The molecule has 0 aromatic carbocycles. The van der Waals surface area contributed by atoms with Crippen molar-refractivity contribution < 1.29 is 8.42 Å². The fourth-order valence-corrected chi connectivity index (χ4v) is 2.84. The fourth-order valence-electron chi connectivity index (χ4n) is 1.60. The van der Waals surface area contributed by atoms with Gasteiger partial charge in [-0.05, 0) is 6.92 Å². The summed E-state index contributed by atoms with van der Waals surface area (Å²) in [6.07, 6.45) is 4.73. The Kier molecular flexibility index (Phi) is 3.22. The molecular formula is C10H15N5O2S. The lowest BCUT2D eigenvalue weighted by Crippen LogP contribution is -2.28. The third-order valence-electron chi connectivity index (χ3n) is 2.76. The van der Waals surface area contributed by atoms with Gasteiger partial charge in [0.2, 0.25) is 10.0 Å². The van der Waals surface area contributed by atoms with E-state index in [-0.39, 0.29) is 11.4 Å². The second-order valence-corrected chi connectivity index (χ2v) is 6.09. The van der Waals surface area contributed by atoms with Gasteiger partial charge in [-0.1, -0.05) is 0 Å². The molecule has 7 nitrogen and oxygen atoms in total. The average Bonchev–Trinajstić information content (AvgIpc) is 2.88. The molecule has 0 unspecified atom stereocenters. The molecule has 0 atom stereocenters. The molecule has 8 heteroatoms. The highest BCUT2D eigenvalue weighted by Crippen LogP contribution is 2.17. The van der Waals surface area contributed by atoms with Gasteiger partial charge < -0.3 is 4.57 Å². The molecule has 0 saturated carbocycles. The first-order chi connectivity index (χ1) is 8.43. The summed E-state index contributed by atoms with van der Waals surface area (Å²) in [6, 6.07) is 0. The zero-order valence-corrected chi connectivity index (χ0v) is 11.3. The SMILES string of the molecule is Cc1[nH]ncc1S(=O)(=O)N(C)Cc1nccn1C. The van der Waals surface area contributed by atoms with Crippen molar-refractivity contribution in [1.29, 1.82) is 0 Å². The topological polar surface area (TPSA) is 83.9 Å². The third kappa shape index (κ3) is 2.16. The summed E-state index contributed by atoms with van der Waals surface area (Å²) in [5.74, 6) is 0.683. The zero-order chi connectivity index (χ0) is 13.3. The zero-order valence-electron chi connectivity index (χ0n) is 10.5. The number of hydrogen-bond acceptors (Lipinski definition) is 4. The lowest BCUT2D eigenvalue weighted by Gasteiger charge is -2.16. The first kappa shape index (κ1) is 12.8. The summed E-state index contributed by atoms with van der Waals surface area (Å²) in [5.41, 5.74) is 0.529. The van der Waals surface area contributed by atoms with Crippen molar-refractivity contribution in [3.8, 4) is 0 Å². The van der Waals surface area contributed by atoms with Crippen LogP contribution >= 0.6 is 0 Å². The van der Waals surface area contributed by atoms with Gasteiger partial charge in [0.25, 0.3) is 0 Å². The van der Waals surface area contributed by atoms with Crippen LogP contribution in [-0.2, 0) is 23.6 Å². The van der Waals surface area contributed by atoms with E-state index in [0.717, 1.165) is 0 Å². The Balaban J connectivity index is 2.27. The van der Waals surface area contributed by atoms with E-state index in [2.05, 4.69) is 15.2 Å². The van der Waals surface area contributed by atoms with E-state index in [1.807, 2.05) is 7.05 Å². The molecule has 0 aliphatic carbocycles. The van der Waals surface area contributed by atoms with Gasteiger partial charge in [-0.15, -0.1) is 0 Å². The smallest absolute Gasteiger partial charge is 0.246 e. The van der Waals surface area contributed by atoms with E-state index in [1.165, 1.54) is 17.5 Å². The molecule has 0 radical (unpaired) electrons. The first-order valence-corrected chi connectivity index (χ1v) is 6.79. The Morgan fingerprint density at radius 2 is 2.22 bits per heavy atom. The van der Waals surface area contributed by atoms with Crippen LogP contribution in [0.2, 0.25) is 0 Å². The molecule has 0 spiro atoms. The van der Waals surface area contributed by atoms with Gasteiger partial charge in [-0.25, -0.2) is 13.4 Å². The number of nitrogens with zero attached hydrogens (tertiary/aromatic N) is 4. The Morgan fingerprint density at radius 3 is 2.72 bits per heavy atom. The Hall–Kier alpha value is -1.67. The number of aromatic amines is 1. The van der Waals surface area contributed by atoms with Gasteiger partial charge in [-0.2, -0.15) is 9.40 Å². The Bertz CT molecular complexity index is 643. The summed E-state index contributed by atoms with van der Waals surface area (Å²) in [5, 5.41) is 6.36. The molecular weight excluding hydrogens is 254 g/mol. The van der Waals surface area contributed by atoms with Crippen molar-refractivity contribution in [2.24, 2.45) is 7.05 Å². The number of H-pyrrole nitrogens is 1. The molecule has 2 rings (SSSR count). The molecule has 0 fully saturated rings. The van der Waals surface area contributed by atoms with Crippen LogP contribution in [0, 0.1) is 6.92 Å². The molecule has 2 aromatic rings. The van der Waals surface area contributed by atoms with Crippen LogP contribution in [0.15, 0.2) is 23.5 Å². The quantitative estimate of drug-likeness (QED) is 0.863. The van der Waals surface area contributed by atoms with Crippen LogP contribution in [0.5, 0.6) is 0 Å². The Morgan fingerprint density at radius 1 is 1.50 bits per heavy atom. The van der Waals surface area contributed by atoms with Crippen molar-refractivity contribution in [1.82, 2.24) is 24.1 Å². The highest BCUT2D eigenvalue weighted by Gasteiger charge is 2.25. The monoisotopic (exact) mass is 269 g/mol. The predicted molar refractivity (Wildman–Crippen MR) is 65.2 cm³/mol. The molecule has 0 saturated heterocycles. The third-order valence-corrected chi connectivity index (χ3v) is 4.67. The minimum Gasteiger partial charge on any atom is -0.337 e. The van der Waals surface area contributed by atoms with Gasteiger partial charge in [0.1, 0.15) is 10.7 Å². The molecule has 2 heterocycles. The van der Waals surface area contributed by atoms with Crippen molar-refractivity contribution >= 4 is 10.0 Å². The maximum absolute atomic E-state index is 12.3. The van der Waals surface area contributed by atoms with Crippen LogP contribution in [0.25, 0.3) is 0 Å². The van der Waals surface area contributed by atoms with Gasteiger partial charge in [0.15, 0.2) is 0 Å².